The first-order chi connectivity index (χ1) is 12.4. The van der Waals surface area contributed by atoms with E-state index in [4.69, 9.17) is 16.6 Å². The van der Waals surface area contributed by atoms with Gasteiger partial charge in [0.25, 0.3) is 11.8 Å². The molecule has 3 rings (SSSR count). The van der Waals surface area contributed by atoms with Crippen molar-refractivity contribution in [3.05, 3.63) is 53.3 Å². The summed E-state index contributed by atoms with van der Waals surface area (Å²) in [5.74, 6) is -0.625. The monoisotopic (exact) mass is 370 g/mol. The van der Waals surface area contributed by atoms with Gasteiger partial charge in [-0.1, -0.05) is 12.1 Å². The number of amides is 2. The zero-order valence-corrected chi connectivity index (χ0v) is 14.8. The van der Waals surface area contributed by atoms with Gasteiger partial charge in [0.2, 0.25) is 0 Å². The van der Waals surface area contributed by atoms with Crippen LogP contribution in [0.5, 0.6) is 0 Å². The van der Waals surface area contributed by atoms with Crippen LogP contribution >= 0.6 is 12.2 Å². The van der Waals surface area contributed by atoms with Gasteiger partial charge in [-0.2, -0.15) is 0 Å². The number of hydrogen-bond acceptors (Lipinski definition) is 6. The summed E-state index contributed by atoms with van der Waals surface area (Å²) in [7, 11) is 2.80. The molecule has 2 aromatic rings. The van der Waals surface area contributed by atoms with Gasteiger partial charge < -0.3 is 9.15 Å². The van der Waals surface area contributed by atoms with Crippen molar-refractivity contribution >= 4 is 41.2 Å². The summed E-state index contributed by atoms with van der Waals surface area (Å²) in [6.45, 7) is 0. The van der Waals surface area contributed by atoms with E-state index in [9.17, 15) is 14.4 Å². The number of nitrogens with one attached hydrogen (secondary N) is 1. The van der Waals surface area contributed by atoms with Crippen molar-refractivity contribution in [2.45, 2.75) is 0 Å². The van der Waals surface area contributed by atoms with Crippen molar-refractivity contribution in [2.75, 3.05) is 14.2 Å². The molecule has 2 heterocycles. The minimum Gasteiger partial charge on any atom is -0.465 e. The lowest BCUT2D eigenvalue weighted by Crippen LogP contribution is -2.52. The molecule has 132 valence electrons. The van der Waals surface area contributed by atoms with Crippen LogP contribution in [-0.4, -0.2) is 42.0 Å². The number of nitrogens with zero attached hydrogens (tertiary/aromatic N) is 1. The van der Waals surface area contributed by atoms with Gasteiger partial charge in [-0.15, -0.1) is 0 Å². The molecule has 1 aromatic carbocycles. The molecule has 8 heteroatoms. The molecule has 1 N–H and O–H groups in total. The van der Waals surface area contributed by atoms with Crippen LogP contribution in [0.25, 0.3) is 17.4 Å². The van der Waals surface area contributed by atoms with Gasteiger partial charge in [-0.25, -0.2) is 4.79 Å². The number of methoxy groups -OCH3 is 1. The van der Waals surface area contributed by atoms with Gasteiger partial charge in [0.05, 0.1) is 12.7 Å². The largest absolute Gasteiger partial charge is 0.465 e. The third kappa shape index (κ3) is 3.27. The molecule has 1 saturated heterocycles. The predicted molar refractivity (Wildman–Crippen MR) is 97.0 cm³/mol. The molecular formula is C18H14N2O5S. The molecule has 0 aliphatic carbocycles. The Labute approximate surface area is 154 Å². The third-order valence-corrected chi connectivity index (χ3v) is 4.18. The first-order valence-electron chi connectivity index (χ1n) is 7.54. The maximum absolute atomic E-state index is 12.2. The number of ether oxygens (including phenoxy) is 1. The number of furan rings is 1. The normalized spacial score (nSPS) is 16.0. The zero-order valence-electron chi connectivity index (χ0n) is 13.9. The van der Waals surface area contributed by atoms with Crippen molar-refractivity contribution in [2.24, 2.45) is 0 Å². The predicted octanol–water partition coefficient (Wildman–Crippen LogP) is 1.99. The second-order valence-corrected chi connectivity index (χ2v) is 5.84. The van der Waals surface area contributed by atoms with Crippen molar-refractivity contribution < 1.29 is 23.5 Å². The lowest BCUT2D eigenvalue weighted by atomic mass is 10.1. The molecule has 1 fully saturated rings. The molecule has 2 amide bonds. The second-order valence-electron chi connectivity index (χ2n) is 5.45. The first kappa shape index (κ1) is 17.6. The van der Waals surface area contributed by atoms with Crippen LogP contribution in [0.3, 0.4) is 0 Å². The van der Waals surface area contributed by atoms with Crippen LogP contribution in [-0.2, 0) is 14.3 Å². The number of benzene rings is 1. The molecular weight excluding hydrogens is 356 g/mol. The van der Waals surface area contributed by atoms with E-state index in [1.54, 1.807) is 36.4 Å². The maximum atomic E-state index is 12.2. The smallest absolute Gasteiger partial charge is 0.337 e. The molecule has 0 radical (unpaired) electrons. The van der Waals surface area contributed by atoms with Gasteiger partial charge in [0.1, 0.15) is 17.1 Å². The molecule has 1 aromatic heterocycles. The highest BCUT2D eigenvalue weighted by Gasteiger charge is 2.31. The van der Waals surface area contributed by atoms with Gasteiger partial charge in [0, 0.05) is 12.6 Å². The quantitative estimate of drug-likeness (QED) is 0.385. The van der Waals surface area contributed by atoms with Crippen LogP contribution in [0, 0.1) is 0 Å². The number of likely N-dealkylation sites (N-methyl/N-ethyl adjacent to an activating group) is 1. The van der Waals surface area contributed by atoms with E-state index in [0.29, 0.717) is 17.1 Å². The fourth-order valence-electron chi connectivity index (χ4n) is 2.36. The standard InChI is InChI=1S/C18H14N2O5S/c1-20-16(22)13(15(21)19-18(20)26)9-12-7-8-14(25-12)10-3-5-11(6-4-10)17(23)24-2/h3-9H,1-2H3,(H,19,21,26)/b13-9+. The Morgan fingerprint density at radius 2 is 1.88 bits per heavy atom. The molecule has 0 saturated carbocycles. The van der Waals surface area contributed by atoms with E-state index in [-0.39, 0.29) is 10.7 Å². The lowest BCUT2D eigenvalue weighted by Gasteiger charge is -2.24. The summed E-state index contributed by atoms with van der Waals surface area (Å²) in [6.07, 6.45) is 1.36. The molecule has 26 heavy (non-hydrogen) atoms. The zero-order chi connectivity index (χ0) is 18.8. The number of rotatable bonds is 3. The van der Waals surface area contributed by atoms with Gasteiger partial charge in [0.15, 0.2) is 5.11 Å². The highest BCUT2D eigenvalue weighted by molar-refractivity contribution is 7.80. The average molecular weight is 370 g/mol. The SMILES string of the molecule is COC(=O)c1ccc(-c2ccc(/C=C3\C(=O)NC(=S)N(C)C3=O)o2)cc1. The Balaban J connectivity index is 1.86. The van der Waals surface area contributed by atoms with Gasteiger partial charge in [-0.05, 0) is 42.6 Å². The fraction of sp³-hybridized carbons (Fsp3) is 0.111. The molecule has 0 bridgehead atoms. The van der Waals surface area contributed by atoms with Crippen molar-refractivity contribution in [3.63, 3.8) is 0 Å². The molecule has 0 atom stereocenters. The fourth-order valence-corrected chi connectivity index (χ4v) is 2.54. The average Bonchev–Trinajstić information content (AvgIpc) is 3.11. The minimum atomic E-state index is -0.571. The van der Waals surface area contributed by atoms with Crippen LogP contribution in [0.4, 0.5) is 0 Å². The molecule has 1 aliphatic heterocycles. The molecule has 0 unspecified atom stereocenters. The Hall–Kier alpha value is -3.26. The summed E-state index contributed by atoms with van der Waals surface area (Å²) < 4.78 is 10.3. The van der Waals surface area contributed by atoms with E-state index >= 15 is 0 Å². The van der Waals surface area contributed by atoms with Crippen LogP contribution in [0.1, 0.15) is 16.1 Å². The number of carbonyl (C=O) groups excluding carboxylic acids is 3. The van der Waals surface area contributed by atoms with Gasteiger partial charge >= 0.3 is 5.97 Å². The van der Waals surface area contributed by atoms with Crippen molar-refractivity contribution in [1.29, 1.82) is 0 Å². The Morgan fingerprint density at radius 1 is 1.19 bits per heavy atom. The number of carbonyl (C=O) groups is 3. The Bertz CT molecular complexity index is 943. The Kier molecular flexibility index (Phi) is 4.68. The van der Waals surface area contributed by atoms with Crippen molar-refractivity contribution in [3.8, 4) is 11.3 Å². The first-order valence-corrected chi connectivity index (χ1v) is 7.95. The van der Waals surface area contributed by atoms with E-state index in [0.717, 1.165) is 5.56 Å². The minimum absolute atomic E-state index is 0.0583. The highest BCUT2D eigenvalue weighted by Crippen LogP contribution is 2.24. The number of thiocarbonyl (C=S) groups is 1. The molecule has 0 spiro atoms. The van der Waals surface area contributed by atoms with Crippen LogP contribution in [0.15, 0.2) is 46.4 Å². The summed E-state index contributed by atoms with van der Waals surface area (Å²) in [5.41, 5.74) is 1.09. The topological polar surface area (TPSA) is 88.9 Å². The van der Waals surface area contributed by atoms with Crippen molar-refractivity contribution in [1.82, 2.24) is 10.2 Å². The maximum Gasteiger partial charge on any atom is 0.337 e. The third-order valence-electron chi connectivity index (χ3n) is 3.81. The summed E-state index contributed by atoms with van der Waals surface area (Å²) in [5, 5.41) is 2.49. The van der Waals surface area contributed by atoms with E-state index in [1.807, 2.05) is 0 Å². The van der Waals surface area contributed by atoms with Crippen LogP contribution < -0.4 is 5.32 Å². The summed E-state index contributed by atoms with van der Waals surface area (Å²) >= 11 is 4.90. The van der Waals surface area contributed by atoms with E-state index in [2.05, 4.69) is 10.1 Å². The highest BCUT2D eigenvalue weighted by atomic mass is 32.1. The van der Waals surface area contributed by atoms with Gasteiger partial charge in [-0.3, -0.25) is 19.8 Å². The lowest BCUT2D eigenvalue weighted by molar-refractivity contribution is -0.128. The summed E-state index contributed by atoms with van der Waals surface area (Å²) in [4.78, 5) is 36.8. The number of hydrogen-bond donors (Lipinski definition) is 1. The molecule has 7 nitrogen and oxygen atoms in total. The summed E-state index contributed by atoms with van der Waals surface area (Å²) in [6, 6.07) is 10.0. The molecule has 1 aliphatic rings. The second kappa shape index (κ2) is 6.93. The van der Waals surface area contributed by atoms with E-state index in [1.165, 1.54) is 25.1 Å². The Morgan fingerprint density at radius 3 is 2.54 bits per heavy atom. The van der Waals surface area contributed by atoms with E-state index < -0.39 is 17.8 Å². The number of esters is 1. The van der Waals surface area contributed by atoms with Crippen LogP contribution in [0.2, 0.25) is 0 Å².